The summed E-state index contributed by atoms with van der Waals surface area (Å²) in [5.74, 6) is -0.103. The van der Waals surface area contributed by atoms with E-state index in [0.717, 1.165) is 32.8 Å². The van der Waals surface area contributed by atoms with Gasteiger partial charge in [-0.15, -0.1) is 11.3 Å². The highest BCUT2D eigenvalue weighted by Gasteiger charge is 2.13. The van der Waals surface area contributed by atoms with Crippen molar-refractivity contribution in [3.05, 3.63) is 52.5 Å². The van der Waals surface area contributed by atoms with Gasteiger partial charge in [0, 0.05) is 41.8 Å². The number of nitrogens with one attached hydrogen (secondary N) is 1. The number of amides is 1. The van der Waals surface area contributed by atoms with Crippen LogP contribution in [-0.4, -0.2) is 25.0 Å². The predicted molar refractivity (Wildman–Crippen MR) is 97.8 cm³/mol. The molecule has 4 nitrogen and oxygen atoms in total. The fourth-order valence-corrected chi connectivity index (χ4v) is 3.59. The number of hydrogen-bond acceptors (Lipinski definition) is 4. The first kappa shape index (κ1) is 15.5. The standard InChI is InChI=1S/C18H19N3OS/c1-11-8-12(2)19-18-16(11)15(10-23-18)20-17(22)13-6-5-7-14(9-13)21(3)4/h5-10H,1-4H3,(H,20,22). The molecule has 118 valence electrons. The molecule has 0 aliphatic carbocycles. The van der Waals surface area contributed by atoms with Crippen molar-refractivity contribution >= 4 is 38.8 Å². The number of fused-ring (bicyclic) bond motifs is 1. The third-order valence-corrected chi connectivity index (χ3v) is 4.61. The number of rotatable bonds is 3. The predicted octanol–water partition coefficient (Wildman–Crippen LogP) is 4.23. The van der Waals surface area contributed by atoms with Crippen molar-refractivity contribution < 1.29 is 4.79 Å². The minimum Gasteiger partial charge on any atom is -0.378 e. The maximum Gasteiger partial charge on any atom is 0.255 e. The van der Waals surface area contributed by atoms with Gasteiger partial charge in [-0.3, -0.25) is 4.79 Å². The normalized spacial score (nSPS) is 10.8. The van der Waals surface area contributed by atoms with Crippen molar-refractivity contribution in [3.8, 4) is 0 Å². The first-order chi connectivity index (χ1) is 11.0. The summed E-state index contributed by atoms with van der Waals surface area (Å²) in [6.07, 6.45) is 0. The lowest BCUT2D eigenvalue weighted by Crippen LogP contribution is -2.14. The molecule has 1 N–H and O–H groups in total. The van der Waals surface area contributed by atoms with Crippen molar-refractivity contribution in [1.29, 1.82) is 0 Å². The Morgan fingerprint density at radius 2 is 2.00 bits per heavy atom. The molecule has 5 heteroatoms. The second kappa shape index (κ2) is 6.01. The fraction of sp³-hybridized carbons (Fsp3) is 0.222. The highest BCUT2D eigenvalue weighted by molar-refractivity contribution is 7.17. The summed E-state index contributed by atoms with van der Waals surface area (Å²) in [6, 6.07) is 9.63. The molecule has 0 aliphatic rings. The number of aryl methyl sites for hydroxylation is 2. The first-order valence-corrected chi connectivity index (χ1v) is 8.28. The van der Waals surface area contributed by atoms with Gasteiger partial charge in [0.25, 0.3) is 5.91 Å². The molecule has 3 rings (SSSR count). The quantitative estimate of drug-likeness (QED) is 0.784. The largest absolute Gasteiger partial charge is 0.378 e. The van der Waals surface area contributed by atoms with Crippen molar-refractivity contribution in [2.24, 2.45) is 0 Å². The molecule has 3 aromatic rings. The summed E-state index contributed by atoms with van der Waals surface area (Å²) in [6.45, 7) is 4.03. The topological polar surface area (TPSA) is 45.2 Å². The van der Waals surface area contributed by atoms with Gasteiger partial charge in [-0.05, 0) is 43.7 Å². The summed E-state index contributed by atoms with van der Waals surface area (Å²) in [5, 5.41) is 6.00. The van der Waals surface area contributed by atoms with Crippen LogP contribution in [0.2, 0.25) is 0 Å². The second-order valence-corrected chi connectivity index (χ2v) is 6.67. The van der Waals surface area contributed by atoms with Gasteiger partial charge in [0.1, 0.15) is 4.83 Å². The molecule has 0 atom stereocenters. The van der Waals surface area contributed by atoms with Gasteiger partial charge in [-0.25, -0.2) is 4.98 Å². The van der Waals surface area contributed by atoms with Gasteiger partial charge in [0.05, 0.1) is 5.69 Å². The highest BCUT2D eigenvalue weighted by Crippen LogP contribution is 2.32. The average Bonchev–Trinajstić information content (AvgIpc) is 2.90. The van der Waals surface area contributed by atoms with Crippen LogP contribution in [0.25, 0.3) is 10.2 Å². The first-order valence-electron chi connectivity index (χ1n) is 7.40. The average molecular weight is 325 g/mol. The van der Waals surface area contributed by atoms with E-state index < -0.39 is 0 Å². The lowest BCUT2D eigenvalue weighted by atomic mass is 10.1. The summed E-state index contributed by atoms with van der Waals surface area (Å²) < 4.78 is 0. The molecule has 2 heterocycles. The van der Waals surface area contributed by atoms with Crippen molar-refractivity contribution in [1.82, 2.24) is 4.98 Å². The number of carbonyl (C=O) groups is 1. The Balaban J connectivity index is 1.93. The maximum atomic E-state index is 12.6. The summed E-state index contributed by atoms with van der Waals surface area (Å²) >= 11 is 1.55. The van der Waals surface area contributed by atoms with Crippen molar-refractivity contribution in [2.45, 2.75) is 13.8 Å². The van der Waals surface area contributed by atoms with Crippen LogP contribution in [-0.2, 0) is 0 Å². The molecule has 0 aliphatic heterocycles. The summed E-state index contributed by atoms with van der Waals surface area (Å²) in [7, 11) is 3.92. The molecule has 0 radical (unpaired) electrons. The zero-order chi connectivity index (χ0) is 16.6. The second-order valence-electron chi connectivity index (χ2n) is 5.81. The monoisotopic (exact) mass is 325 g/mol. The molecule has 0 fully saturated rings. The Morgan fingerprint density at radius 3 is 2.74 bits per heavy atom. The lowest BCUT2D eigenvalue weighted by Gasteiger charge is -2.13. The molecule has 2 aromatic heterocycles. The number of anilines is 2. The van der Waals surface area contributed by atoms with E-state index in [1.165, 1.54) is 0 Å². The lowest BCUT2D eigenvalue weighted by molar-refractivity contribution is 0.102. The van der Waals surface area contributed by atoms with Crippen LogP contribution < -0.4 is 10.2 Å². The van der Waals surface area contributed by atoms with Crippen LogP contribution in [0.4, 0.5) is 11.4 Å². The minimum atomic E-state index is -0.103. The Kier molecular flexibility index (Phi) is 4.05. The van der Waals surface area contributed by atoms with E-state index in [4.69, 9.17) is 0 Å². The number of aromatic nitrogens is 1. The third kappa shape index (κ3) is 3.05. The molecular weight excluding hydrogens is 306 g/mol. The van der Waals surface area contributed by atoms with Crippen LogP contribution in [0.3, 0.4) is 0 Å². The Hall–Kier alpha value is -2.40. The zero-order valence-electron chi connectivity index (χ0n) is 13.7. The molecule has 23 heavy (non-hydrogen) atoms. The van der Waals surface area contributed by atoms with E-state index in [9.17, 15) is 4.79 Å². The number of carbonyl (C=O) groups excluding carboxylic acids is 1. The molecule has 1 aromatic carbocycles. The highest BCUT2D eigenvalue weighted by atomic mass is 32.1. The molecule has 0 spiro atoms. The smallest absolute Gasteiger partial charge is 0.255 e. The minimum absolute atomic E-state index is 0.103. The van der Waals surface area contributed by atoms with E-state index >= 15 is 0 Å². The van der Waals surface area contributed by atoms with Crippen molar-refractivity contribution in [3.63, 3.8) is 0 Å². The Morgan fingerprint density at radius 1 is 1.22 bits per heavy atom. The Bertz CT molecular complexity index is 883. The number of hydrogen-bond donors (Lipinski definition) is 1. The van der Waals surface area contributed by atoms with Crippen LogP contribution in [0.1, 0.15) is 21.6 Å². The maximum absolute atomic E-state index is 12.6. The van der Waals surface area contributed by atoms with E-state index in [0.29, 0.717) is 5.56 Å². The van der Waals surface area contributed by atoms with Gasteiger partial charge in [0.15, 0.2) is 0 Å². The van der Waals surface area contributed by atoms with Gasteiger partial charge in [-0.2, -0.15) is 0 Å². The van der Waals surface area contributed by atoms with Crippen LogP contribution >= 0.6 is 11.3 Å². The molecule has 0 unspecified atom stereocenters. The summed E-state index contributed by atoms with van der Waals surface area (Å²) in [4.78, 5) is 20.0. The number of benzene rings is 1. The molecule has 1 amide bonds. The SMILES string of the molecule is Cc1cc(C)c2c(NC(=O)c3cccc(N(C)C)c3)csc2n1. The zero-order valence-corrected chi connectivity index (χ0v) is 14.5. The summed E-state index contributed by atoms with van der Waals surface area (Å²) in [5.41, 5.74) is 4.60. The van der Waals surface area contributed by atoms with Crippen LogP contribution in [0.15, 0.2) is 35.7 Å². The molecule has 0 saturated carbocycles. The van der Waals surface area contributed by atoms with E-state index in [1.807, 2.05) is 68.6 Å². The third-order valence-electron chi connectivity index (χ3n) is 3.74. The van der Waals surface area contributed by atoms with Crippen LogP contribution in [0.5, 0.6) is 0 Å². The molecule has 0 saturated heterocycles. The van der Waals surface area contributed by atoms with Gasteiger partial charge in [0.2, 0.25) is 0 Å². The number of nitrogens with zero attached hydrogens (tertiary/aromatic N) is 2. The number of pyridine rings is 1. The van der Waals surface area contributed by atoms with E-state index in [2.05, 4.69) is 10.3 Å². The van der Waals surface area contributed by atoms with Gasteiger partial charge in [-0.1, -0.05) is 6.07 Å². The van der Waals surface area contributed by atoms with Gasteiger partial charge < -0.3 is 10.2 Å². The van der Waals surface area contributed by atoms with Gasteiger partial charge >= 0.3 is 0 Å². The van der Waals surface area contributed by atoms with E-state index in [-0.39, 0.29) is 5.91 Å². The van der Waals surface area contributed by atoms with Crippen molar-refractivity contribution in [2.75, 3.05) is 24.3 Å². The van der Waals surface area contributed by atoms with E-state index in [1.54, 1.807) is 11.3 Å². The Labute approximate surface area is 139 Å². The molecule has 0 bridgehead atoms. The fourth-order valence-electron chi connectivity index (χ4n) is 2.60. The molecular formula is C18H19N3OS. The van der Waals surface area contributed by atoms with Crippen LogP contribution in [0, 0.1) is 13.8 Å². The number of thiophene rings is 1.